The van der Waals surface area contributed by atoms with E-state index in [2.05, 4.69) is 25.5 Å². The van der Waals surface area contributed by atoms with Crippen LogP contribution in [-0.2, 0) is 6.54 Å². The molecule has 0 saturated heterocycles. The van der Waals surface area contributed by atoms with E-state index in [1.165, 1.54) is 16.8 Å². The third-order valence-electron chi connectivity index (χ3n) is 5.14. The highest BCUT2D eigenvalue weighted by atomic mass is 35.5. The predicted octanol–water partition coefficient (Wildman–Crippen LogP) is 4.60. The molecule has 0 saturated carbocycles. The topological polar surface area (TPSA) is 98.7 Å². The molecule has 0 aliphatic rings. The summed E-state index contributed by atoms with van der Waals surface area (Å²) in [5.41, 5.74) is 2.31. The molecule has 33 heavy (non-hydrogen) atoms. The molecular formula is C23H22ClFN6O2. The van der Waals surface area contributed by atoms with Gasteiger partial charge in [-0.1, -0.05) is 42.7 Å². The zero-order valence-electron chi connectivity index (χ0n) is 18.3. The summed E-state index contributed by atoms with van der Waals surface area (Å²) in [6, 6.07) is 9.04. The first-order valence-corrected chi connectivity index (χ1v) is 10.7. The normalized spacial score (nSPS) is 12.2. The molecule has 1 amide bonds. The number of carbonyl (C=O) groups is 1. The maximum absolute atomic E-state index is 13.2. The lowest BCUT2D eigenvalue weighted by molar-refractivity contribution is 0.0913. The Bertz CT molecular complexity index is 1250. The summed E-state index contributed by atoms with van der Waals surface area (Å²) in [4.78, 5) is 21.6. The standard InChI is InChI=1S/C23H22ClFN6O2/c1-13(2)19(23-28-21(30-33-23)16-8-10-26-11-9-16)27-22(32)18-14(3)29-31(20(18)24)12-15-4-6-17(25)7-5-15/h4-11,13,19H,12H2,1-3H3,(H,27,32). The minimum atomic E-state index is -0.531. The van der Waals surface area contributed by atoms with Gasteiger partial charge < -0.3 is 9.84 Å². The van der Waals surface area contributed by atoms with Gasteiger partial charge in [0.2, 0.25) is 11.7 Å². The van der Waals surface area contributed by atoms with Gasteiger partial charge in [-0.05, 0) is 42.7 Å². The van der Waals surface area contributed by atoms with Crippen LogP contribution >= 0.6 is 11.6 Å². The molecule has 170 valence electrons. The highest BCUT2D eigenvalue weighted by Crippen LogP contribution is 2.26. The molecule has 0 fully saturated rings. The van der Waals surface area contributed by atoms with E-state index in [-0.39, 0.29) is 28.3 Å². The lowest BCUT2D eigenvalue weighted by atomic mass is 10.0. The monoisotopic (exact) mass is 468 g/mol. The van der Waals surface area contributed by atoms with Gasteiger partial charge in [-0.2, -0.15) is 10.1 Å². The second kappa shape index (κ2) is 9.50. The largest absolute Gasteiger partial charge is 0.340 e. The Kier molecular flexibility index (Phi) is 6.50. The maximum Gasteiger partial charge on any atom is 0.256 e. The van der Waals surface area contributed by atoms with Gasteiger partial charge in [0.15, 0.2) is 0 Å². The number of rotatable bonds is 7. The minimum Gasteiger partial charge on any atom is -0.340 e. The Labute approximate surface area is 194 Å². The van der Waals surface area contributed by atoms with Crippen molar-refractivity contribution in [3.05, 3.63) is 82.5 Å². The molecule has 8 nitrogen and oxygen atoms in total. The van der Waals surface area contributed by atoms with Gasteiger partial charge in [0.25, 0.3) is 5.91 Å². The minimum absolute atomic E-state index is 0.0342. The van der Waals surface area contributed by atoms with Gasteiger partial charge in [-0.3, -0.25) is 9.78 Å². The number of aromatic nitrogens is 5. The molecule has 0 aliphatic carbocycles. The first-order valence-electron chi connectivity index (χ1n) is 10.4. The van der Waals surface area contributed by atoms with Crippen LogP contribution in [0.4, 0.5) is 4.39 Å². The van der Waals surface area contributed by atoms with E-state index in [0.717, 1.165) is 11.1 Å². The smallest absolute Gasteiger partial charge is 0.256 e. The van der Waals surface area contributed by atoms with Crippen LogP contribution in [0.5, 0.6) is 0 Å². The molecule has 1 N–H and O–H groups in total. The van der Waals surface area contributed by atoms with E-state index in [4.69, 9.17) is 16.1 Å². The quantitative estimate of drug-likeness (QED) is 0.425. The van der Waals surface area contributed by atoms with Crippen LogP contribution in [0.1, 0.15) is 47.4 Å². The molecule has 0 radical (unpaired) electrons. The number of aryl methyl sites for hydroxylation is 1. The first kappa shape index (κ1) is 22.6. The van der Waals surface area contributed by atoms with Crippen LogP contribution < -0.4 is 5.32 Å². The summed E-state index contributed by atoms with van der Waals surface area (Å²) < 4.78 is 20.1. The fourth-order valence-corrected chi connectivity index (χ4v) is 3.71. The van der Waals surface area contributed by atoms with Crippen molar-refractivity contribution in [2.24, 2.45) is 5.92 Å². The number of hydrogen-bond donors (Lipinski definition) is 1. The fraction of sp³-hybridized carbons (Fsp3) is 0.261. The molecule has 4 rings (SSSR count). The lowest BCUT2D eigenvalue weighted by Crippen LogP contribution is -2.32. The van der Waals surface area contributed by atoms with Gasteiger partial charge in [-0.25, -0.2) is 9.07 Å². The average molecular weight is 469 g/mol. The van der Waals surface area contributed by atoms with Crippen molar-refractivity contribution in [3.8, 4) is 11.4 Å². The van der Waals surface area contributed by atoms with Crippen molar-refractivity contribution >= 4 is 17.5 Å². The molecule has 10 heteroatoms. The van der Waals surface area contributed by atoms with Crippen LogP contribution in [0.15, 0.2) is 53.3 Å². The van der Waals surface area contributed by atoms with Gasteiger partial charge in [0.05, 0.1) is 17.8 Å². The highest BCUT2D eigenvalue weighted by Gasteiger charge is 2.28. The first-order chi connectivity index (χ1) is 15.8. The van der Waals surface area contributed by atoms with Crippen LogP contribution in [0.3, 0.4) is 0 Å². The van der Waals surface area contributed by atoms with Gasteiger partial charge in [-0.15, -0.1) is 0 Å². The van der Waals surface area contributed by atoms with Crippen LogP contribution in [-0.4, -0.2) is 30.8 Å². The molecular weight excluding hydrogens is 447 g/mol. The second-order valence-electron chi connectivity index (χ2n) is 7.92. The number of halogens is 2. The number of hydrogen-bond acceptors (Lipinski definition) is 6. The van der Waals surface area contributed by atoms with E-state index in [9.17, 15) is 9.18 Å². The maximum atomic E-state index is 13.2. The molecule has 1 atom stereocenters. The molecule has 1 unspecified atom stereocenters. The molecule has 3 heterocycles. The van der Waals surface area contributed by atoms with Crippen molar-refractivity contribution in [1.29, 1.82) is 0 Å². The van der Waals surface area contributed by atoms with Crippen LogP contribution in [0.2, 0.25) is 5.15 Å². The van der Waals surface area contributed by atoms with Crippen molar-refractivity contribution in [2.75, 3.05) is 0 Å². The zero-order valence-corrected chi connectivity index (χ0v) is 19.0. The van der Waals surface area contributed by atoms with Crippen molar-refractivity contribution < 1.29 is 13.7 Å². The zero-order chi connectivity index (χ0) is 23.5. The number of nitrogens with zero attached hydrogens (tertiary/aromatic N) is 5. The van der Waals surface area contributed by atoms with E-state index in [0.29, 0.717) is 18.1 Å². The summed E-state index contributed by atoms with van der Waals surface area (Å²) >= 11 is 6.51. The summed E-state index contributed by atoms with van der Waals surface area (Å²) in [7, 11) is 0. The molecule has 0 aliphatic heterocycles. The van der Waals surface area contributed by atoms with Crippen LogP contribution in [0, 0.1) is 18.7 Å². The summed E-state index contributed by atoms with van der Waals surface area (Å²) in [6.07, 6.45) is 3.28. The Morgan fingerprint density at radius 3 is 2.55 bits per heavy atom. The van der Waals surface area contributed by atoms with E-state index in [1.54, 1.807) is 43.6 Å². The molecule has 3 aromatic heterocycles. The van der Waals surface area contributed by atoms with Crippen LogP contribution in [0.25, 0.3) is 11.4 Å². The Hall–Kier alpha value is -3.59. The average Bonchev–Trinajstić information content (AvgIpc) is 3.39. The highest BCUT2D eigenvalue weighted by molar-refractivity contribution is 6.33. The lowest BCUT2D eigenvalue weighted by Gasteiger charge is -2.18. The number of nitrogens with one attached hydrogen (secondary N) is 1. The Morgan fingerprint density at radius 2 is 1.88 bits per heavy atom. The van der Waals surface area contributed by atoms with Crippen molar-refractivity contribution in [2.45, 2.75) is 33.4 Å². The summed E-state index contributed by atoms with van der Waals surface area (Å²) in [5, 5.41) is 11.6. The fourth-order valence-electron chi connectivity index (χ4n) is 3.39. The van der Waals surface area contributed by atoms with Gasteiger partial charge in [0.1, 0.15) is 17.0 Å². The number of benzene rings is 1. The molecule has 4 aromatic rings. The van der Waals surface area contributed by atoms with Gasteiger partial charge >= 0.3 is 0 Å². The molecule has 0 bridgehead atoms. The number of amides is 1. The third kappa shape index (κ3) is 4.93. The van der Waals surface area contributed by atoms with E-state index < -0.39 is 11.9 Å². The SMILES string of the molecule is Cc1nn(Cc2ccc(F)cc2)c(Cl)c1C(=O)NC(c1nc(-c2ccncc2)no1)C(C)C. The Morgan fingerprint density at radius 1 is 1.18 bits per heavy atom. The molecule has 1 aromatic carbocycles. The van der Waals surface area contributed by atoms with E-state index >= 15 is 0 Å². The number of pyridine rings is 1. The Balaban J connectivity index is 1.55. The van der Waals surface area contributed by atoms with Crippen molar-refractivity contribution in [3.63, 3.8) is 0 Å². The molecule has 0 spiro atoms. The summed E-state index contributed by atoms with van der Waals surface area (Å²) in [5.74, 6) is -0.0566. The second-order valence-corrected chi connectivity index (χ2v) is 8.28. The predicted molar refractivity (Wildman–Crippen MR) is 120 cm³/mol. The third-order valence-corrected chi connectivity index (χ3v) is 5.52. The van der Waals surface area contributed by atoms with E-state index in [1.807, 2.05) is 13.8 Å². The van der Waals surface area contributed by atoms with Crippen molar-refractivity contribution in [1.82, 2.24) is 30.2 Å². The summed E-state index contributed by atoms with van der Waals surface area (Å²) in [6.45, 7) is 5.89. The van der Waals surface area contributed by atoms with Gasteiger partial charge in [0, 0.05) is 18.0 Å². The number of carbonyl (C=O) groups excluding carboxylic acids is 1.